The quantitative estimate of drug-likeness (QED) is 0.0432. The number of fused-ring (bicyclic) bond motifs is 4. The van der Waals surface area contributed by atoms with Gasteiger partial charge in [-0.15, -0.1) is 5.06 Å². The van der Waals surface area contributed by atoms with Crippen molar-refractivity contribution >= 4 is 65.9 Å². The molecule has 2 amide bonds. The van der Waals surface area contributed by atoms with E-state index in [0.717, 1.165) is 39.3 Å². The van der Waals surface area contributed by atoms with Gasteiger partial charge >= 0.3 is 5.97 Å². The van der Waals surface area contributed by atoms with E-state index in [1.165, 1.54) is 24.3 Å². The highest BCUT2D eigenvalue weighted by Crippen LogP contribution is 2.49. The number of carbonyl (C=O) groups excluding carboxylic acids is 3. The van der Waals surface area contributed by atoms with Crippen molar-refractivity contribution in [1.82, 2.24) is 5.06 Å². The van der Waals surface area contributed by atoms with Crippen molar-refractivity contribution in [2.24, 2.45) is 0 Å². The molecule has 0 unspecified atom stereocenters. The lowest BCUT2D eigenvalue weighted by Crippen LogP contribution is -2.32. The van der Waals surface area contributed by atoms with Gasteiger partial charge in [-0.2, -0.15) is 4.58 Å². The van der Waals surface area contributed by atoms with E-state index < -0.39 is 48.8 Å². The molecule has 0 saturated carbocycles. The summed E-state index contributed by atoms with van der Waals surface area (Å²) in [4.78, 5) is 42.5. The van der Waals surface area contributed by atoms with Crippen LogP contribution in [0.5, 0.6) is 0 Å². The van der Waals surface area contributed by atoms with Crippen molar-refractivity contribution in [3.05, 3.63) is 95.2 Å². The second-order valence-electron chi connectivity index (χ2n) is 16.8. The molecule has 338 valence electrons. The van der Waals surface area contributed by atoms with Gasteiger partial charge in [0, 0.05) is 67.4 Å². The third kappa shape index (κ3) is 10.0. The number of hydrogen-bond donors (Lipinski definition) is 0. The monoisotopic (exact) mass is 904 g/mol. The number of rotatable bonds is 19. The molecule has 0 bridgehead atoms. The Bertz CT molecular complexity index is 2650. The lowest BCUT2D eigenvalue weighted by atomic mass is 9.78. The van der Waals surface area contributed by atoms with Crippen molar-refractivity contribution in [1.29, 1.82) is 0 Å². The van der Waals surface area contributed by atoms with E-state index >= 15 is 0 Å². The van der Waals surface area contributed by atoms with Crippen LogP contribution in [0.15, 0.2) is 88.3 Å². The molecule has 15 nitrogen and oxygen atoms in total. The summed E-state index contributed by atoms with van der Waals surface area (Å²) >= 11 is 0. The minimum absolute atomic E-state index is 0.0138. The van der Waals surface area contributed by atoms with E-state index in [9.17, 15) is 40.3 Å². The maximum Gasteiger partial charge on any atom is 0.333 e. The molecule has 3 aromatic rings. The summed E-state index contributed by atoms with van der Waals surface area (Å²) in [6.07, 6.45) is 11.9. The standard InChI is InChI=1S/C46H55N3O12S2/c1-7-31-28-33(63(56,57)58)29-35-34(31)18-20-38-44(35)46(4,5)40(48(38)24-25-60-27-26-59-6)15-11-8-10-14-39-45(2,3)36-30-32(62(53,54)55)17-19-37(36)47(39)23-13-9-12-16-43(52)61-49-41(50)21-22-42(49)51/h8,10-11,14-15,17-20,28-30H,7,9,12-13,16,21-27H2,1-6H3,(H-,53,54,55,56,57,58)/p-1. The van der Waals surface area contributed by atoms with Gasteiger partial charge in [-0.25, -0.2) is 21.6 Å². The Morgan fingerprint density at radius 2 is 1.54 bits per heavy atom. The Morgan fingerprint density at radius 1 is 0.825 bits per heavy atom. The molecule has 17 heteroatoms. The van der Waals surface area contributed by atoms with E-state index in [1.54, 1.807) is 13.2 Å². The van der Waals surface area contributed by atoms with E-state index in [0.29, 0.717) is 74.6 Å². The summed E-state index contributed by atoms with van der Waals surface area (Å²) in [5.41, 5.74) is 4.41. The van der Waals surface area contributed by atoms with Crippen LogP contribution in [0.3, 0.4) is 0 Å². The highest BCUT2D eigenvalue weighted by atomic mass is 32.2. The molecular weight excluding hydrogens is 851 g/mol. The third-order valence-corrected chi connectivity index (χ3v) is 13.6. The number of ether oxygens (including phenoxy) is 2. The molecule has 3 aromatic carbocycles. The largest absolute Gasteiger partial charge is 0.744 e. The smallest absolute Gasteiger partial charge is 0.333 e. The Morgan fingerprint density at radius 3 is 2.21 bits per heavy atom. The SMILES string of the molecule is CCc1cc(S(=O)(=O)[O-])cc2c3c(ccc12)[N+](CCOCCOC)=C(/C=C/C=C/C=C1/N(CCCCCC(=O)ON2C(=O)CCC2=O)c2ccc(S(=O)(=O)[O-])cc2C1(C)C)C3(C)C. The Balaban J connectivity index is 1.28. The summed E-state index contributed by atoms with van der Waals surface area (Å²) in [6.45, 7) is 12.2. The highest BCUT2D eigenvalue weighted by molar-refractivity contribution is 7.86. The van der Waals surface area contributed by atoms with Gasteiger partial charge in [0.15, 0.2) is 12.3 Å². The summed E-state index contributed by atoms with van der Waals surface area (Å²) in [5.74, 6) is -1.74. The van der Waals surface area contributed by atoms with Gasteiger partial charge in [0.25, 0.3) is 11.8 Å². The maximum absolute atomic E-state index is 12.4. The number of hydrogen-bond acceptors (Lipinski definition) is 13. The summed E-state index contributed by atoms with van der Waals surface area (Å²) in [5, 5.41) is 2.12. The van der Waals surface area contributed by atoms with Crippen LogP contribution in [-0.4, -0.2) is 99.1 Å². The highest BCUT2D eigenvalue weighted by Gasteiger charge is 2.46. The third-order valence-electron chi connectivity index (χ3n) is 11.9. The minimum atomic E-state index is -4.73. The number of carbonyl (C=O) groups is 3. The number of methoxy groups -OCH3 is 1. The van der Waals surface area contributed by atoms with Crippen molar-refractivity contribution < 1.29 is 59.2 Å². The Labute approximate surface area is 369 Å². The zero-order valence-electron chi connectivity index (χ0n) is 36.5. The average Bonchev–Trinajstić information content (AvgIpc) is 3.73. The van der Waals surface area contributed by atoms with E-state index in [1.807, 2.05) is 63.3 Å². The molecule has 1 fully saturated rings. The molecule has 3 heterocycles. The van der Waals surface area contributed by atoms with Crippen LogP contribution < -0.4 is 4.90 Å². The second-order valence-corrected chi connectivity index (χ2v) is 19.5. The zero-order valence-corrected chi connectivity index (χ0v) is 38.1. The van der Waals surface area contributed by atoms with Gasteiger partial charge in [-0.1, -0.05) is 45.4 Å². The van der Waals surface area contributed by atoms with Gasteiger partial charge < -0.3 is 28.3 Å². The first kappa shape index (κ1) is 47.4. The normalized spacial score (nSPS) is 17.9. The predicted molar refractivity (Wildman–Crippen MR) is 234 cm³/mol. The first-order valence-corrected chi connectivity index (χ1v) is 23.8. The molecule has 3 aliphatic heterocycles. The fraction of sp³-hybridized carbons (Fsp3) is 0.435. The molecule has 0 aromatic heterocycles. The van der Waals surface area contributed by atoms with Crippen LogP contribution >= 0.6 is 0 Å². The summed E-state index contributed by atoms with van der Waals surface area (Å²) in [6, 6.07) is 11.3. The van der Waals surface area contributed by atoms with E-state index in [-0.39, 0.29) is 29.1 Å². The topological polar surface area (TPSA) is 203 Å². The molecule has 0 radical (unpaired) electrons. The van der Waals surface area contributed by atoms with Crippen LogP contribution in [0, 0.1) is 0 Å². The fourth-order valence-electron chi connectivity index (χ4n) is 8.75. The molecular formula is C46H54N3O12S2-. The fourth-order valence-corrected chi connectivity index (χ4v) is 9.80. The molecule has 3 aliphatic rings. The second kappa shape index (κ2) is 19.0. The number of allylic oxidation sites excluding steroid dienone is 6. The molecule has 63 heavy (non-hydrogen) atoms. The number of unbranched alkanes of at least 4 members (excludes halogenated alkanes) is 2. The van der Waals surface area contributed by atoms with Crippen LogP contribution in [0.4, 0.5) is 11.4 Å². The summed E-state index contributed by atoms with van der Waals surface area (Å²) < 4.78 is 86.3. The van der Waals surface area contributed by atoms with Gasteiger partial charge in [0.1, 0.15) is 26.8 Å². The lowest BCUT2D eigenvalue weighted by Gasteiger charge is -2.27. The van der Waals surface area contributed by atoms with E-state index in [4.69, 9.17) is 14.3 Å². The number of anilines is 1. The summed E-state index contributed by atoms with van der Waals surface area (Å²) in [7, 11) is -7.84. The first-order chi connectivity index (χ1) is 29.7. The number of hydroxylamine groups is 2. The van der Waals surface area contributed by atoms with Crippen molar-refractivity contribution in [3.63, 3.8) is 0 Å². The first-order valence-electron chi connectivity index (χ1n) is 21.0. The van der Waals surface area contributed by atoms with Crippen LogP contribution in [0.1, 0.15) is 89.8 Å². The van der Waals surface area contributed by atoms with Crippen molar-refractivity contribution in [2.75, 3.05) is 44.9 Å². The average molecular weight is 905 g/mol. The molecule has 0 atom stereocenters. The predicted octanol–water partition coefficient (Wildman–Crippen LogP) is 6.21. The van der Waals surface area contributed by atoms with Crippen molar-refractivity contribution in [3.8, 4) is 0 Å². The molecule has 1 saturated heterocycles. The van der Waals surface area contributed by atoms with Gasteiger partial charge in [-0.3, -0.25) is 9.59 Å². The number of aryl methyl sites for hydroxylation is 1. The van der Waals surface area contributed by atoms with Gasteiger partial charge in [-0.05, 0) is 97.5 Å². The molecule has 0 spiro atoms. The zero-order chi connectivity index (χ0) is 45.9. The van der Waals surface area contributed by atoms with Gasteiger partial charge in [0.2, 0.25) is 5.69 Å². The Hall–Kier alpha value is -5.04. The number of nitrogens with zero attached hydrogens (tertiary/aromatic N) is 3. The molecule has 6 rings (SSSR count). The minimum Gasteiger partial charge on any atom is -0.744 e. The molecule has 0 aliphatic carbocycles. The van der Waals surface area contributed by atoms with Crippen molar-refractivity contribution in [2.45, 2.75) is 100 Å². The van der Waals surface area contributed by atoms with Crippen LogP contribution in [0.2, 0.25) is 0 Å². The van der Waals surface area contributed by atoms with Gasteiger partial charge in [0.05, 0.1) is 28.4 Å². The van der Waals surface area contributed by atoms with Crippen LogP contribution in [0.25, 0.3) is 10.8 Å². The lowest BCUT2D eigenvalue weighted by molar-refractivity contribution is -0.442. The number of imide groups is 1. The number of benzene rings is 3. The molecule has 0 N–H and O–H groups in total. The Kier molecular flexibility index (Phi) is 14.3. The van der Waals surface area contributed by atoms with Crippen LogP contribution in [-0.2, 0) is 66.2 Å². The number of amides is 2. The van der Waals surface area contributed by atoms with E-state index in [2.05, 4.69) is 23.3 Å². The maximum atomic E-state index is 12.4.